The Morgan fingerprint density at radius 1 is 1.64 bits per heavy atom. The first-order valence-corrected chi connectivity index (χ1v) is 4.37. The second kappa shape index (κ2) is 3.74. The summed E-state index contributed by atoms with van der Waals surface area (Å²) >= 11 is 0. The van der Waals surface area contributed by atoms with Crippen LogP contribution in [0.25, 0.3) is 0 Å². The van der Waals surface area contributed by atoms with Gasteiger partial charge in [0.1, 0.15) is 0 Å². The van der Waals surface area contributed by atoms with Crippen LogP contribution < -0.4 is 0 Å². The molecule has 1 atom stereocenters. The molecule has 0 aromatic heterocycles. The summed E-state index contributed by atoms with van der Waals surface area (Å²) in [7, 11) is 0. The van der Waals surface area contributed by atoms with Crippen LogP contribution in [0.2, 0.25) is 0 Å². The molecule has 0 aliphatic carbocycles. The van der Waals surface area contributed by atoms with Gasteiger partial charge in [0.2, 0.25) is 0 Å². The van der Waals surface area contributed by atoms with Gasteiger partial charge in [0, 0.05) is 0 Å². The first-order chi connectivity index (χ1) is 5.20. The molecule has 2 heteroatoms. The van der Waals surface area contributed by atoms with Crippen molar-refractivity contribution in [1.82, 2.24) is 0 Å². The summed E-state index contributed by atoms with van der Waals surface area (Å²) in [6.07, 6.45) is 3.09. The molecule has 0 N–H and O–H groups in total. The quantitative estimate of drug-likeness (QED) is 0.584. The van der Waals surface area contributed by atoms with Crippen LogP contribution in [0.15, 0.2) is 0 Å². The maximum Gasteiger partial charge on any atom is 0.309 e. The van der Waals surface area contributed by atoms with Crippen LogP contribution in [-0.2, 0) is 9.53 Å². The van der Waals surface area contributed by atoms with Gasteiger partial charge in [0.15, 0.2) is 0 Å². The summed E-state index contributed by atoms with van der Waals surface area (Å²) in [4.78, 5) is 11.0. The monoisotopic (exact) mass is 156 g/mol. The van der Waals surface area contributed by atoms with Gasteiger partial charge >= 0.3 is 5.97 Å². The minimum Gasteiger partial charge on any atom is -0.465 e. The molecule has 1 unspecified atom stereocenters. The summed E-state index contributed by atoms with van der Waals surface area (Å²) in [6.45, 7) is 5.00. The number of rotatable bonds is 3. The molecule has 0 amide bonds. The Bertz CT molecular complexity index is 140. The van der Waals surface area contributed by atoms with Gasteiger partial charge in [0.05, 0.1) is 12.5 Å². The van der Waals surface area contributed by atoms with E-state index < -0.39 is 0 Å². The highest BCUT2D eigenvalue weighted by molar-refractivity contribution is 5.73. The van der Waals surface area contributed by atoms with Gasteiger partial charge in [-0.2, -0.15) is 0 Å². The number of carbonyl (C=O) groups is 1. The van der Waals surface area contributed by atoms with Gasteiger partial charge in [0.25, 0.3) is 0 Å². The summed E-state index contributed by atoms with van der Waals surface area (Å²) in [5.74, 6) is 0.923. The number of cyclic esters (lactones) is 1. The lowest BCUT2D eigenvalue weighted by atomic mass is 9.97. The normalized spacial score (nSPS) is 24.3. The number of hydrogen-bond donors (Lipinski definition) is 0. The fourth-order valence-corrected chi connectivity index (χ4v) is 1.33. The molecular formula is C9H16O2. The van der Waals surface area contributed by atoms with Gasteiger partial charge in [-0.1, -0.05) is 20.3 Å². The second-order valence-electron chi connectivity index (χ2n) is 3.62. The summed E-state index contributed by atoms with van der Waals surface area (Å²) < 4.78 is 4.86. The zero-order chi connectivity index (χ0) is 8.27. The standard InChI is InChI=1S/C9H16O2/c1-7(2)3-4-8-5-6-11-9(8)10/h7-8H,3-6H2,1-2H3. The zero-order valence-electron chi connectivity index (χ0n) is 7.30. The zero-order valence-corrected chi connectivity index (χ0v) is 7.30. The SMILES string of the molecule is CC(C)CCC1CCOC1=O. The third-order valence-corrected chi connectivity index (χ3v) is 2.14. The lowest BCUT2D eigenvalue weighted by Gasteiger charge is -2.06. The van der Waals surface area contributed by atoms with Crippen molar-refractivity contribution in [2.24, 2.45) is 11.8 Å². The molecule has 0 saturated carbocycles. The maximum absolute atomic E-state index is 11.0. The van der Waals surface area contributed by atoms with E-state index in [0.29, 0.717) is 12.5 Å². The molecule has 2 nitrogen and oxygen atoms in total. The molecule has 1 aliphatic heterocycles. The summed E-state index contributed by atoms with van der Waals surface area (Å²) in [5.41, 5.74) is 0. The minimum absolute atomic E-state index is 0.0191. The van der Waals surface area contributed by atoms with Crippen LogP contribution in [0.4, 0.5) is 0 Å². The van der Waals surface area contributed by atoms with Crippen LogP contribution in [0.1, 0.15) is 33.1 Å². The molecule has 1 heterocycles. The Morgan fingerprint density at radius 3 is 2.82 bits per heavy atom. The van der Waals surface area contributed by atoms with Crippen molar-refractivity contribution in [3.63, 3.8) is 0 Å². The Balaban J connectivity index is 2.20. The molecule has 1 aliphatic rings. The number of ether oxygens (including phenoxy) is 1. The van der Waals surface area contributed by atoms with Gasteiger partial charge < -0.3 is 4.74 Å². The van der Waals surface area contributed by atoms with E-state index in [1.807, 2.05) is 0 Å². The fraction of sp³-hybridized carbons (Fsp3) is 0.889. The van der Waals surface area contributed by atoms with Crippen molar-refractivity contribution < 1.29 is 9.53 Å². The van der Waals surface area contributed by atoms with E-state index in [1.54, 1.807) is 0 Å². The predicted octanol–water partition coefficient (Wildman–Crippen LogP) is 1.99. The first kappa shape index (κ1) is 8.57. The predicted molar refractivity (Wildman–Crippen MR) is 43.1 cm³/mol. The highest BCUT2D eigenvalue weighted by atomic mass is 16.5. The molecule has 1 rings (SSSR count). The van der Waals surface area contributed by atoms with Crippen molar-refractivity contribution in [3.05, 3.63) is 0 Å². The number of hydrogen-bond acceptors (Lipinski definition) is 2. The van der Waals surface area contributed by atoms with E-state index in [4.69, 9.17) is 4.74 Å². The molecular weight excluding hydrogens is 140 g/mol. The van der Waals surface area contributed by atoms with E-state index in [1.165, 1.54) is 0 Å². The number of carbonyl (C=O) groups excluding carboxylic acids is 1. The minimum atomic E-state index is 0.0191. The Morgan fingerprint density at radius 2 is 2.36 bits per heavy atom. The van der Waals surface area contributed by atoms with E-state index in [2.05, 4.69) is 13.8 Å². The molecule has 1 saturated heterocycles. The average Bonchev–Trinajstić information content (AvgIpc) is 2.31. The van der Waals surface area contributed by atoms with Crippen LogP contribution in [0, 0.1) is 11.8 Å². The van der Waals surface area contributed by atoms with E-state index in [0.717, 1.165) is 19.3 Å². The third kappa shape index (κ3) is 2.52. The molecule has 0 radical (unpaired) electrons. The lowest BCUT2D eigenvalue weighted by Crippen LogP contribution is -2.08. The molecule has 11 heavy (non-hydrogen) atoms. The molecule has 1 fully saturated rings. The molecule has 64 valence electrons. The largest absolute Gasteiger partial charge is 0.465 e. The molecule has 0 aromatic carbocycles. The fourth-order valence-electron chi connectivity index (χ4n) is 1.33. The van der Waals surface area contributed by atoms with Crippen molar-refractivity contribution in [3.8, 4) is 0 Å². The Kier molecular flexibility index (Phi) is 2.92. The van der Waals surface area contributed by atoms with Crippen LogP contribution >= 0.6 is 0 Å². The topological polar surface area (TPSA) is 26.3 Å². The average molecular weight is 156 g/mol. The van der Waals surface area contributed by atoms with Gasteiger partial charge in [-0.05, 0) is 18.8 Å². The van der Waals surface area contributed by atoms with Crippen LogP contribution in [0.5, 0.6) is 0 Å². The summed E-state index contributed by atoms with van der Waals surface area (Å²) in [5, 5.41) is 0. The Labute approximate surface area is 67.9 Å². The first-order valence-electron chi connectivity index (χ1n) is 4.37. The van der Waals surface area contributed by atoms with Crippen molar-refractivity contribution in [2.45, 2.75) is 33.1 Å². The van der Waals surface area contributed by atoms with Crippen molar-refractivity contribution in [1.29, 1.82) is 0 Å². The number of esters is 1. The molecule has 0 aromatic rings. The van der Waals surface area contributed by atoms with E-state index >= 15 is 0 Å². The molecule has 0 bridgehead atoms. The highest BCUT2D eigenvalue weighted by Crippen LogP contribution is 2.21. The summed E-state index contributed by atoms with van der Waals surface area (Å²) in [6, 6.07) is 0. The third-order valence-electron chi connectivity index (χ3n) is 2.14. The van der Waals surface area contributed by atoms with Crippen LogP contribution in [-0.4, -0.2) is 12.6 Å². The smallest absolute Gasteiger partial charge is 0.309 e. The van der Waals surface area contributed by atoms with E-state index in [9.17, 15) is 4.79 Å². The Hall–Kier alpha value is -0.530. The second-order valence-corrected chi connectivity index (χ2v) is 3.62. The van der Waals surface area contributed by atoms with Gasteiger partial charge in [-0.15, -0.1) is 0 Å². The van der Waals surface area contributed by atoms with Crippen molar-refractivity contribution in [2.75, 3.05) is 6.61 Å². The van der Waals surface area contributed by atoms with Crippen LogP contribution in [0.3, 0.4) is 0 Å². The van der Waals surface area contributed by atoms with Gasteiger partial charge in [-0.25, -0.2) is 0 Å². The maximum atomic E-state index is 11.0. The lowest BCUT2D eigenvalue weighted by molar-refractivity contribution is -0.141. The van der Waals surface area contributed by atoms with Gasteiger partial charge in [-0.3, -0.25) is 4.79 Å². The highest BCUT2D eigenvalue weighted by Gasteiger charge is 2.25. The molecule has 0 spiro atoms. The van der Waals surface area contributed by atoms with E-state index in [-0.39, 0.29) is 11.9 Å². The van der Waals surface area contributed by atoms with Crippen molar-refractivity contribution >= 4 is 5.97 Å².